The second-order valence-corrected chi connectivity index (χ2v) is 5.78. The highest BCUT2D eigenvalue weighted by molar-refractivity contribution is 14.0. The summed E-state index contributed by atoms with van der Waals surface area (Å²) in [6.07, 6.45) is 2.39. The van der Waals surface area contributed by atoms with Crippen molar-refractivity contribution in [1.82, 2.24) is 10.2 Å². The topological polar surface area (TPSA) is 109 Å². The third-order valence-corrected chi connectivity index (χ3v) is 4.22. The monoisotopic (exact) mass is 462 g/mol. The van der Waals surface area contributed by atoms with E-state index in [1.54, 1.807) is 18.2 Å². The fraction of sp³-hybridized carbons (Fsp3) is 0.562. The molecule has 4 N–H and O–H groups in total. The number of likely N-dealkylation sites (N-methyl/N-ethyl adjacent to an activating group) is 1. The van der Waals surface area contributed by atoms with Gasteiger partial charge in [-0.3, -0.25) is 20.0 Å². The number of aliphatic imine (C=N–C) groups is 1. The molecule has 0 radical (unpaired) electrons. The average molecular weight is 462 g/mol. The molecule has 9 heteroatoms. The Morgan fingerprint density at radius 3 is 2.92 bits per heavy atom. The smallest absolute Gasteiger partial charge is 0.292 e. The van der Waals surface area contributed by atoms with Gasteiger partial charge >= 0.3 is 0 Å². The standard InChI is InChI=1S/C16H26N6O2.HI/c1-2-21-11-5-6-13(21)12-20-16(17)19-10-9-18-14-7-3-4-8-15(14)22(23)24;/h3-4,7-8,13,18H,2,5-6,9-12H2,1H3,(H3,17,19,20);1H. The minimum absolute atomic E-state index is 0. The molecule has 1 aliphatic rings. The number of para-hydroxylation sites is 2. The van der Waals surface area contributed by atoms with Crippen LogP contribution in [0.3, 0.4) is 0 Å². The summed E-state index contributed by atoms with van der Waals surface area (Å²) in [4.78, 5) is 17.4. The van der Waals surface area contributed by atoms with Gasteiger partial charge in [-0.15, -0.1) is 24.0 Å². The Hall–Kier alpha value is -1.62. The number of anilines is 1. The number of likely N-dealkylation sites (tertiary alicyclic amines) is 1. The summed E-state index contributed by atoms with van der Waals surface area (Å²) in [6.45, 7) is 6.13. The van der Waals surface area contributed by atoms with Gasteiger partial charge in [0.05, 0.1) is 11.5 Å². The first-order valence-corrected chi connectivity index (χ1v) is 8.37. The highest BCUT2D eigenvalue weighted by atomic mass is 127. The molecule has 1 aromatic carbocycles. The third kappa shape index (κ3) is 6.65. The molecule has 2 rings (SSSR count). The molecule has 25 heavy (non-hydrogen) atoms. The lowest BCUT2D eigenvalue weighted by atomic mass is 10.2. The van der Waals surface area contributed by atoms with Gasteiger partial charge in [0.25, 0.3) is 5.69 Å². The van der Waals surface area contributed by atoms with Gasteiger partial charge in [0.2, 0.25) is 0 Å². The number of benzene rings is 1. The Bertz CT molecular complexity index is 583. The number of nitrogens with zero attached hydrogens (tertiary/aromatic N) is 3. The number of nitro benzene ring substituents is 1. The fourth-order valence-corrected chi connectivity index (χ4v) is 2.95. The van der Waals surface area contributed by atoms with Crippen LogP contribution >= 0.6 is 24.0 Å². The van der Waals surface area contributed by atoms with Gasteiger partial charge in [-0.05, 0) is 32.0 Å². The lowest BCUT2D eigenvalue weighted by molar-refractivity contribution is -0.384. The first-order chi connectivity index (χ1) is 11.6. The van der Waals surface area contributed by atoms with Crippen molar-refractivity contribution in [1.29, 1.82) is 0 Å². The van der Waals surface area contributed by atoms with Gasteiger partial charge in [0, 0.05) is 25.2 Å². The highest BCUT2D eigenvalue weighted by Crippen LogP contribution is 2.22. The van der Waals surface area contributed by atoms with Crippen LogP contribution in [0.25, 0.3) is 0 Å². The molecule has 1 unspecified atom stereocenters. The summed E-state index contributed by atoms with van der Waals surface area (Å²) in [5.74, 6) is 0.419. The van der Waals surface area contributed by atoms with Gasteiger partial charge < -0.3 is 16.4 Å². The number of nitrogens with one attached hydrogen (secondary N) is 2. The molecule has 1 aromatic rings. The Kier molecular flexibility index (Phi) is 9.50. The SMILES string of the molecule is CCN1CCCC1CN=C(N)NCCNc1ccccc1[N+](=O)[O-].I. The second-order valence-electron chi connectivity index (χ2n) is 5.78. The van der Waals surface area contributed by atoms with E-state index in [1.807, 2.05) is 0 Å². The van der Waals surface area contributed by atoms with Crippen molar-refractivity contribution < 1.29 is 4.92 Å². The van der Waals surface area contributed by atoms with E-state index >= 15 is 0 Å². The maximum atomic E-state index is 10.9. The van der Waals surface area contributed by atoms with E-state index < -0.39 is 4.92 Å². The molecule has 1 aliphatic heterocycles. The number of guanidine groups is 1. The first kappa shape index (κ1) is 21.4. The minimum Gasteiger partial charge on any atom is -0.378 e. The molecule has 0 aliphatic carbocycles. The van der Waals surface area contributed by atoms with E-state index in [9.17, 15) is 10.1 Å². The van der Waals surface area contributed by atoms with E-state index in [0.29, 0.717) is 37.3 Å². The average Bonchev–Trinajstić information content (AvgIpc) is 3.04. The van der Waals surface area contributed by atoms with E-state index in [1.165, 1.54) is 18.9 Å². The molecule has 0 spiro atoms. The summed E-state index contributed by atoms with van der Waals surface area (Å²) in [5.41, 5.74) is 6.45. The maximum absolute atomic E-state index is 10.9. The van der Waals surface area contributed by atoms with Crippen LogP contribution in [0.1, 0.15) is 19.8 Å². The Morgan fingerprint density at radius 2 is 2.20 bits per heavy atom. The Morgan fingerprint density at radius 1 is 1.44 bits per heavy atom. The van der Waals surface area contributed by atoms with Gasteiger partial charge in [-0.25, -0.2) is 0 Å². The van der Waals surface area contributed by atoms with Gasteiger partial charge in [-0.2, -0.15) is 0 Å². The van der Waals surface area contributed by atoms with E-state index in [2.05, 4.69) is 27.4 Å². The van der Waals surface area contributed by atoms with Crippen molar-refractivity contribution in [3.8, 4) is 0 Å². The summed E-state index contributed by atoms with van der Waals surface area (Å²) in [5, 5.41) is 17.0. The van der Waals surface area contributed by atoms with E-state index in [4.69, 9.17) is 5.73 Å². The molecule has 140 valence electrons. The van der Waals surface area contributed by atoms with Crippen LogP contribution in [0.4, 0.5) is 11.4 Å². The molecule has 1 atom stereocenters. The number of hydrogen-bond acceptors (Lipinski definition) is 5. The van der Waals surface area contributed by atoms with Crippen molar-refractivity contribution >= 4 is 41.3 Å². The first-order valence-electron chi connectivity index (χ1n) is 8.37. The van der Waals surface area contributed by atoms with Crippen LogP contribution < -0.4 is 16.4 Å². The molecule has 8 nitrogen and oxygen atoms in total. The lowest BCUT2D eigenvalue weighted by Gasteiger charge is -2.21. The summed E-state index contributed by atoms with van der Waals surface area (Å²) in [7, 11) is 0. The van der Waals surface area contributed by atoms with Gasteiger partial charge in [-0.1, -0.05) is 19.1 Å². The fourth-order valence-electron chi connectivity index (χ4n) is 2.95. The summed E-state index contributed by atoms with van der Waals surface area (Å²) < 4.78 is 0. The van der Waals surface area contributed by atoms with Crippen LogP contribution in [0.2, 0.25) is 0 Å². The third-order valence-electron chi connectivity index (χ3n) is 4.22. The van der Waals surface area contributed by atoms with E-state index in [0.717, 1.165) is 13.1 Å². The zero-order valence-corrected chi connectivity index (χ0v) is 16.8. The number of rotatable bonds is 8. The van der Waals surface area contributed by atoms with Gasteiger partial charge in [0.1, 0.15) is 5.69 Å². The van der Waals surface area contributed by atoms with Crippen molar-refractivity contribution in [2.45, 2.75) is 25.8 Å². The largest absolute Gasteiger partial charge is 0.378 e. The zero-order valence-electron chi connectivity index (χ0n) is 14.5. The van der Waals surface area contributed by atoms with E-state index in [-0.39, 0.29) is 29.7 Å². The summed E-state index contributed by atoms with van der Waals surface area (Å²) in [6, 6.07) is 7.07. The normalized spacial score (nSPS) is 17.8. The van der Waals surface area contributed by atoms with Crippen molar-refractivity contribution in [2.75, 3.05) is 38.0 Å². The molecule has 1 heterocycles. The van der Waals surface area contributed by atoms with Crippen molar-refractivity contribution in [2.24, 2.45) is 10.7 Å². The maximum Gasteiger partial charge on any atom is 0.292 e. The molecular formula is C16H27IN6O2. The predicted octanol–water partition coefficient (Wildman–Crippen LogP) is 2.01. The Balaban J connectivity index is 0.00000312. The zero-order chi connectivity index (χ0) is 17.4. The summed E-state index contributed by atoms with van der Waals surface area (Å²) >= 11 is 0. The molecular weight excluding hydrogens is 435 g/mol. The number of hydrogen-bond donors (Lipinski definition) is 3. The van der Waals surface area contributed by atoms with Crippen molar-refractivity contribution in [3.63, 3.8) is 0 Å². The van der Waals surface area contributed by atoms with Crippen LogP contribution in [0.15, 0.2) is 29.3 Å². The minimum atomic E-state index is -0.396. The highest BCUT2D eigenvalue weighted by Gasteiger charge is 2.22. The quantitative estimate of drug-likeness (QED) is 0.136. The molecule has 1 fully saturated rings. The van der Waals surface area contributed by atoms with Crippen LogP contribution in [0, 0.1) is 10.1 Å². The van der Waals surface area contributed by atoms with Crippen LogP contribution in [-0.2, 0) is 0 Å². The predicted molar refractivity (Wildman–Crippen MR) is 112 cm³/mol. The molecule has 0 saturated carbocycles. The number of nitrogens with two attached hydrogens (primary N) is 1. The molecule has 1 saturated heterocycles. The van der Waals surface area contributed by atoms with Crippen LogP contribution in [-0.4, -0.2) is 54.5 Å². The number of nitro groups is 1. The van der Waals surface area contributed by atoms with Crippen LogP contribution in [0.5, 0.6) is 0 Å². The lowest BCUT2D eigenvalue weighted by Crippen LogP contribution is -2.37. The Labute approximate surface area is 165 Å². The molecule has 0 bridgehead atoms. The number of halogens is 1. The van der Waals surface area contributed by atoms with Crippen molar-refractivity contribution in [3.05, 3.63) is 34.4 Å². The second kappa shape index (κ2) is 11.1. The van der Waals surface area contributed by atoms with Gasteiger partial charge in [0.15, 0.2) is 5.96 Å². The molecule has 0 amide bonds. The molecule has 0 aromatic heterocycles.